The van der Waals surface area contributed by atoms with Crippen LogP contribution in [0.2, 0.25) is 0 Å². The molecule has 0 rings (SSSR count). The van der Waals surface area contributed by atoms with E-state index in [4.69, 9.17) is 0 Å². The highest BCUT2D eigenvalue weighted by molar-refractivity contribution is 4.55. The van der Waals surface area contributed by atoms with E-state index in [1.807, 2.05) is 0 Å². The molecule has 0 saturated carbocycles. The van der Waals surface area contributed by atoms with Gasteiger partial charge in [-0.3, -0.25) is 0 Å². The van der Waals surface area contributed by atoms with Crippen molar-refractivity contribution in [3.05, 3.63) is 0 Å². The number of rotatable bonds is 13. The summed E-state index contributed by atoms with van der Waals surface area (Å²) in [6.07, 6.45) is 16.8. The van der Waals surface area contributed by atoms with Crippen LogP contribution in [0.5, 0.6) is 0 Å². The second kappa shape index (κ2) is 25.0. The maximum Gasteiger partial charge on any atom is -0.0443 e. The standard InChI is InChI=1S/C12H26.2C7H16/c1-5-6-9-12(4)10-7-8-11(2)3;2*1-4-5-6-7(2)3/h11-12H,5-10H2,1-4H3;2*7H,4-6H2,1-3H3. The van der Waals surface area contributed by atoms with Gasteiger partial charge in [-0.2, -0.15) is 0 Å². The monoisotopic (exact) mass is 370 g/mol. The SMILES string of the molecule is CCCCC(C)C.CCCCC(C)C.CCCCC(C)CCCC(C)C. The van der Waals surface area contributed by atoms with Crippen molar-refractivity contribution in [2.45, 2.75) is 146 Å². The molecular formula is C26H58. The first-order valence-corrected chi connectivity index (χ1v) is 12.2. The van der Waals surface area contributed by atoms with E-state index in [0.29, 0.717) is 0 Å². The average molecular weight is 371 g/mol. The van der Waals surface area contributed by atoms with Crippen LogP contribution in [-0.4, -0.2) is 0 Å². The minimum Gasteiger partial charge on any atom is -0.0654 e. The van der Waals surface area contributed by atoms with Gasteiger partial charge in [0, 0.05) is 0 Å². The first-order chi connectivity index (χ1) is 12.2. The Kier molecular flexibility index (Phi) is 29.5. The Labute approximate surface area is 170 Å². The molecule has 0 bridgehead atoms. The van der Waals surface area contributed by atoms with E-state index in [0.717, 1.165) is 23.7 Å². The summed E-state index contributed by atoms with van der Waals surface area (Å²) in [6, 6.07) is 0. The average Bonchev–Trinajstić information content (AvgIpc) is 2.57. The van der Waals surface area contributed by atoms with E-state index in [-0.39, 0.29) is 0 Å². The Morgan fingerprint density at radius 2 is 0.654 bits per heavy atom. The lowest BCUT2D eigenvalue weighted by atomic mass is 9.96. The fourth-order valence-corrected chi connectivity index (χ4v) is 2.80. The van der Waals surface area contributed by atoms with Crippen LogP contribution in [-0.2, 0) is 0 Å². The molecule has 0 aromatic rings. The quantitative estimate of drug-likeness (QED) is 0.302. The molecule has 162 valence electrons. The molecule has 0 fully saturated rings. The molecule has 0 spiro atoms. The summed E-state index contributed by atoms with van der Waals surface area (Å²) in [5, 5.41) is 0. The highest BCUT2D eigenvalue weighted by atomic mass is 14.1. The lowest BCUT2D eigenvalue weighted by Gasteiger charge is -2.11. The lowest BCUT2D eigenvalue weighted by Crippen LogP contribution is -1.96. The maximum atomic E-state index is 2.40. The zero-order chi connectivity index (χ0) is 20.8. The largest absolute Gasteiger partial charge is 0.0654 e. The van der Waals surface area contributed by atoms with Crippen LogP contribution >= 0.6 is 0 Å². The van der Waals surface area contributed by atoms with E-state index in [1.165, 1.54) is 77.0 Å². The van der Waals surface area contributed by atoms with Gasteiger partial charge < -0.3 is 0 Å². The zero-order valence-corrected chi connectivity index (χ0v) is 20.8. The molecule has 0 saturated heterocycles. The summed E-state index contributed by atoms with van der Waals surface area (Å²) in [6.45, 7) is 22.9. The van der Waals surface area contributed by atoms with Crippen molar-refractivity contribution >= 4 is 0 Å². The molecule has 0 amide bonds. The predicted molar refractivity (Wildman–Crippen MR) is 126 cm³/mol. The van der Waals surface area contributed by atoms with Gasteiger partial charge in [0.05, 0.1) is 0 Å². The van der Waals surface area contributed by atoms with Crippen LogP contribution in [0.4, 0.5) is 0 Å². The predicted octanol–water partition coefficient (Wildman–Crippen LogP) is 10.3. The first kappa shape index (κ1) is 30.7. The summed E-state index contributed by atoms with van der Waals surface area (Å²) in [4.78, 5) is 0. The van der Waals surface area contributed by atoms with Gasteiger partial charge in [-0.25, -0.2) is 0 Å². The Bertz CT molecular complexity index is 202. The molecule has 0 N–H and O–H groups in total. The number of hydrogen-bond donors (Lipinski definition) is 0. The van der Waals surface area contributed by atoms with Crippen LogP contribution in [0.25, 0.3) is 0 Å². The van der Waals surface area contributed by atoms with Gasteiger partial charge in [0.2, 0.25) is 0 Å². The molecule has 0 heterocycles. The second-order valence-electron chi connectivity index (χ2n) is 9.64. The third kappa shape index (κ3) is 39.2. The zero-order valence-electron chi connectivity index (χ0n) is 20.8. The highest BCUT2D eigenvalue weighted by Gasteiger charge is 2.01. The summed E-state index contributed by atoms with van der Waals surface area (Å²) < 4.78 is 0. The van der Waals surface area contributed by atoms with Crippen molar-refractivity contribution in [3.63, 3.8) is 0 Å². The van der Waals surface area contributed by atoms with Gasteiger partial charge in [-0.05, 0) is 23.7 Å². The molecular weight excluding hydrogens is 312 g/mol. The summed E-state index contributed by atoms with van der Waals surface area (Å²) >= 11 is 0. The van der Waals surface area contributed by atoms with Gasteiger partial charge in [-0.15, -0.1) is 0 Å². The molecule has 0 aromatic carbocycles. The van der Waals surface area contributed by atoms with E-state index < -0.39 is 0 Å². The summed E-state index contributed by atoms with van der Waals surface area (Å²) in [7, 11) is 0. The number of hydrogen-bond acceptors (Lipinski definition) is 0. The molecule has 0 aromatic heterocycles. The Balaban J connectivity index is -0.000000326. The minimum atomic E-state index is 0.892. The Hall–Kier alpha value is 0. The van der Waals surface area contributed by atoms with Gasteiger partial charge in [-0.1, -0.05) is 146 Å². The normalized spacial score (nSPS) is 11.9. The van der Waals surface area contributed by atoms with Crippen LogP contribution in [0.15, 0.2) is 0 Å². The molecule has 0 aliphatic rings. The van der Waals surface area contributed by atoms with E-state index in [2.05, 4.69) is 69.2 Å². The van der Waals surface area contributed by atoms with E-state index in [1.54, 1.807) is 0 Å². The Morgan fingerprint density at radius 3 is 0.923 bits per heavy atom. The van der Waals surface area contributed by atoms with E-state index >= 15 is 0 Å². The molecule has 0 radical (unpaired) electrons. The molecule has 0 aliphatic heterocycles. The number of unbranched alkanes of at least 4 members (excludes halogenated alkanes) is 3. The second-order valence-corrected chi connectivity index (χ2v) is 9.64. The first-order valence-electron chi connectivity index (χ1n) is 12.2. The topological polar surface area (TPSA) is 0 Å². The third-order valence-corrected chi connectivity index (χ3v) is 4.80. The molecule has 1 atom stereocenters. The molecule has 0 nitrogen and oxygen atoms in total. The van der Waals surface area contributed by atoms with Crippen LogP contribution in [0, 0.1) is 23.7 Å². The molecule has 0 heteroatoms. The Morgan fingerprint density at radius 1 is 0.385 bits per heavy atom. The van der Waals surface area contributed by atoms with Crippen molar-refractivity contribution in [2.24, 2.45) is 23.7 Å². The van der Waals surface area contributed by atoms with E-state index in [9.17, 15) is 0 Å². The lowest BCUT2D eigenvalue weighted by molar-refractivity contribution is 0.425. The summed E-state index contributed by atoms with van der Waals surface area (Å²) in [5.74, 6) is 3.66. The smallest absolute Gasteiger partial charge is 0.0443 e. The van der Waals surface area contributed by atoms with Crippen molar-refractivity contribution in [2.75, 3.05) is 0 Å². The third-order valence-electron chi connectivity index (χ3n) is 4.80. The van der Waals surface area contributed by atoms with Gasteiger partial charge in [0.25, 0.3) is 0 Å². The van der Waals surface area contributed by atoms with Crippen molar-refractivity contribution < 1.29 is 0 Å². The fourth-order valence-electron chi connectivity index (χ4n) is 2.80. The maximum absolute atomic E-state index is 2.40. The molecule has 0 aliphatic carbocycles. The van der Waals surface area contributed by atoms with Gasteiger partial charge in [0.15, 0.2) is 0 Å². The van der Waals surface area contributed by atoms with Crippen LogP contribution < -0.4 is 0 Å². The minimum absolute atomic E-state index is 0.892. The molecule has 26 heavy (non-hydrogen) atoms. The van der Waals surface area contributed by atoms with Crippen molar-refractivity contribution in [1.82, 2.24) is 0 Å². The van der Waals surface area contributed by atoms with Crippen LogP contribution in [0.1, 0.15) is 146 Å². The van der Waals surface area contributed by atoms with Crippen molar-refractivity contribution in [3.8, 4) is 0 Å². The van der Waals surface area contributed by atoms with Gasteiger partial charge >= 0.3 is 0 Å². The van der Waals surface area contributed by atoms with Crippen molar-refractivity contribution in [1.29, 1.82) is 0 Å². The fraction of sp³-hybridized carbons (Fsp3) is 1.00. The highest BCUT2D eigenvalue weighted by Crippen LogP contribution is 2.17. The van der Waals surface area contributed by atoms with Gasteiger partial charge in [0.1, 0.15) is 0 Å². The molecule has 1 unspecified atom stereocenters. The van der Waals surface area contributed by atoms with Crippen LogP contribution in [0.3, 0.4) is 0 Å². The summed E-state index contributed by atoms with van der Waals surface area (Å²) in [5.41, 5.74) is 0.